The first-order valence-corrected chi connectivity index (χ1v) is 10.9. The highest BCUT2D eigenvalue weighted by Gasteiger charge is 2.38. The lowest BCUT2D eigenvalue weighted by Crippen LogP contribution is -2.53. The minimum atomic E-state index is -0.242. The van der Waals surface area contributed by atoms with Crippen molar-refractivity contribution in [2.24, 2.45) is 0 Å². The maximum atomic E-state index is 13.1. The number of amides is 1. The second kappa shape index (κ2) is 8.18. The van der Waals surface area contributed by atoms with Crippen LogP contribution in [0.3, 0.4) is 0 Å². The van der Waals surface area contributed by atoms with Crippen LogP contribution in [-0.2, 0) is 24.2 Å². The quantitative estimate of drug-likeness (QED) is 0.667. The van der Waals surface area contributed by atoms with Gasteiger partial charge in [0.2, 0.25) is 11.9 Å². The van der Waals surface area contributed by atoms with Crippen LogP contribution in [-0.4, -0.2) is 40.5 Å². The number of rotatable bonds is 5. The summed E-state index contributed by atoms with van der Waals surface area (Å²) in [5, 5.41) is 3.31. The Balaban J connectivity index is 1.30. The minimum Gasteiger partial charge on any atom is -0.350 e. The largest absolute Gasteiger partial charge is 0.350 e. The zero-order valence-corrected chi connectivity index (χ0v) is 18.2. The molecule has 164 valence electrons. The van der Waals surface area contributed by atoms with E-state index >= 15 is 0 Å². The molecular formula is C24H25FN6O. The summed E-state index contributed by atoms with van der Waals surface area (Å²) in [6, 6.07) is 10.2. The molecule has 0 saturated carbocycles. The van der Waals surface area contributed by atoms with Gasteiger partial charge in [0, 0.05) is 38.4 Å². The number of carbonyl (C=O) groups excluding carboxylic acids is 1. The Morgan fingerprint density at radius 1 is 1.12 bits per heavy atom. The third kappa shape index (κ3) is 3.77. The molecule has 2 aliphatic rings. The van der Waals surface area contributed by atoms with Crippen LogP contribution in [0.25, 0.3) is 0 Å². The summed E-state index contributed by atoms with van der Waals surface area (Å²) in [6.45, 7) is 3.18. The average molecular weight is 433 g/mol. The fraction of sp³-hybridized carbons (Fsp3) is 0.333. The van der Waals surface area contributed by atoms with Crippen LogP contribution in [0.5, 0.6) is 0 Å². The Hall–Kier alpha value is -3.55. The van der Waals surface area contributed by atoms with E-state index in [1.807, 2.05) is 42.1 Å². The number of halogens is 1. The second-order valence-electron chi connectivity index (χ2n) is 8.36. The molecule has 0 spiro atoms. The lowest BCUT2D eigenvalue weighted by Gasteiger charge is -2.41. The Kier molecular flexibility index (Phi) is 5.20. The SMILES string of the molecule is CC1C(=O)N2CCCc3nc(NCc4ccc(Cc5ccc(F)cc5)nc4)nc(c32)N1C. The van der Waals surface area contributed by atoms with E-state index in [2.05, 4.69) is 10.3 Å². The van der Waals surface area contributed by atoms with Crippen molar-refractivity contribution in [2.75, 3.05) is 28.7 Å². The van der Waals surface area contributed by atoms with Gasteiger partial charge < -0.3 is 15.1 Å². The zero-order chi connectivity index (χ0) is 22.2. The topological polar surface area (TPSA) is 74.2 Å². The molecule has 1 N–H and O–H groups in total. The predicted octanol–water partition coefficient (Wildman–Crippen LogP) is 3.33. The predicted molar refractivity (Wildman–Crippen MR) is 121 cm³/mol. The highest BCUT2D eigenvalue weighted by Crippen LogP contribution is 2.39. The van der Waals surface area contributed by atoms with E-state index in [-0.39, 0.29) is 17.8 Å². The Morgan fingerprint density at radius 2 is 1.91 bits per heavy atom. The van der Waals surface area contributed by atoms with Crippen LogP contribution in [0.15, 0.2) is 42.6 Å². The summed E-state index contributed by atoms with van der Waals surface area (Å²) in [7, 11) is 1.91. The summed E-state index contributed by atoms with van der Waals surface area (Å²) in [5.41, 5.74) is 4.74. The molecule has 0 aliphatic carbocycles. The van der Waals surface area contributed by atoms with Crippen molar-refractivity contribution in [1.82, 2.24) is 15.0 Å². The van der Waals surface area contributed by atoms with Crippen molar-refractivity contribution < 1.29 is 9.18 Å². The monoisotopic (exact) mass is 432 g/mol. The van der Waals surface area contributed by atoms with Gasteiger partial charge in [-0.3, -0.25) is 9.78 Å². The molecule has 1 amide bonds. The molecule has 0 radical (unpaired) electrons. The lowest BCUT2D eigenvalue weighted by atomic mass is 10.0. The first-order valence-electron chi connectivity index (χ1n) is 10.9. The van der Waals surface area contributed by atoms with Gasteiger partial charge in [0.15, 0.2) is 5.82 Å². The molecule has 1 unspecified atom stereocenters. The van der Waals surface area contributed by atoms with E-state index in [4.69, 9.17) is 9.97 Å². The van der Waals surface area contributed by atoms with Crippen LogP contribution in [0.1, 0.15) is 35.9 Å². The number of aryl methyl sites for hydroxylation is 1. The third-order valence-electron chi connectivity index (χ3n) is 6.18. The van der Waals surface area contributed by atoms with Crippen LogP contribution in [0, 0.1) is 5.82 Å². The van der Waals surface area contributed by atoms with Gasteiger partial charge in [0.1, 0.15) is 17.5 Å². The van der Waals surface area contributed by atoms with Crippen LogP contribution < -0.4 is 15.1 Å². The number of hydrogen-bond acceptors (Lipinski definition) is 6. The fourth-order valence-electron chi connectivity index (χ4n) is 4.23. The van der Waals surface area contributed by atoms with Gasteiger partial charge in [-0.2, -0.15) is 4.98 Å². The van der Waals surface area contributed by atoms with E-state index in [1.165, 1.54) is 12.1 Å². The van der Waals surface area contributed by atoms with Gasteiger partial charge >= 0.3 is 0 Å². The summed E-state index contributed by atoms with van der Waals surface area (Å²) in [4.78, 5) is 30.4. The molecule has 0 fully saturated rings. The smallest absolute Gasteiger partial charge is 0.249 e. The molecule has 1 aromatic carbocycles. The summed E-state index contributed by atoms with van der Waals surface area (Å²) >= 11 is 0. The fourth-order valence-corrected chi connectivity index (χ4v) is 4.23. The summed E-state index contributed by atoms with van der Waals surface area (Å²) < 4.78 is 13.1. The maximum absolute atomic E-state index is 13.1. The lowest BCUT2D eigenvalue weighted by molar-refractivity contribution is -0.119. The van der Waals surface area contributed by atoms with Gasteiger partial charge in [0.05, 0.1) is 5.69 Å². The van der Waals surface area contributed by atoms with E-state index in [0.717, 1.165) is 53.4 Å². The number of aromatic nitrogens is 3. The number of hydrogen-bond donors (Lipinski definition) is 1. The zero-order valence-electron chi connectivity index (χ0n) is 18.2. The van der Waals surface area contributed by atoms with Crippen molar-refractivity contribution in [3.05, 3.63) is 70.9 Å². The summed E-state index contributed by atoms with van der Waals surface area (Å²) in [6.07, 6.45) is 4.24. The molecule has 3 aromatic rings. The molecule has 8 heteroatoms. The second-order valence-corrected chi connectivity index (χ2v) is 8.36. The molecule has 4 heterocycles. The van der Waals surface area contributed by atoms with E-state index in [0.29, 0.717) is 18.9 Å². The minimum absolute atomic E-state index is 0.108. The molecular weight excluding hydrogens is 407 g/mol. The number of pyridine rings is 1. The third-order valence-corrected chi connectivity index (χ3v) is 6.18. The molecule has 32 heavy (non-hydrogen) atoms. The van der Waals surface area contributed by atoms with Crippen molar-refractivity contribution in [3.63, 3.8) is 0 Å². The van der Waals surface area contributed by atoms with Crippen LogP contribution in [0.2, 0.25) is 0 Å². The summed E-state index contributed by atoms with van der Waals surface area (Å²) in [5.74, 6) is 1.24. The van der Waals surface area contributed by atoms with Crippen LogP contribution in [0.4, 0.5) is 21.8 Å². The highest BCUT2D eigenvalue weighted by molar-refractivity contribution is 6.05. The van der Waals surface area contributed by atoms with Crippen LogP contribution >= 0.6 is 0 Å². The molecule has 0 bridgehead atoms. The van der Waals surface area contributed by atoms with Gasteiger partial charge in [0.25, 0.3) is 0 Å². The van der Waals surface area contributed by atoms with Crippen molar-refractivity contribution in [2.45, 2.75) is 38.8 Å². The van der Waals surface area contributed by atoms with Gasteiger partial charge in [-0.25, -0.2) is 9.37 Å². The number of nitrogens with zero attached hydrogens (tertiary/aromatic N) is 5. The molecule has 0 saturated heterocycles. The number of benzene rings is 1. The number of nitrogens with one attached hydrogen (secondary N) is 1. The first kappa shape index (κ1) is 20.4. The molecule has 7 nitrogen and oxygen atoms in total. The first-order chi connectivity index (χ1) is 15.5. The van der Waals surface area contributed by atoms with Gasteiger partial charge in [-0.05, 0) is 49.1 Å². The standard InChI is InChI=1S/C24H25FN6O/c1-15-23(32)31-11-3-4-20-21(31)22(30(15)2)29-24(28-20)27-14-17-7-10-19(26-13-17)12-16-5-8-18(25)9-6-16/h5-10,13,15H,3-4,11-12,14H2,1-2H3,(H,27,28,29). The number of carbonyl (C=O) groups is 1. The average Bonchev–Trinajstić information content (AvgIpc) is 2.82. The van der Waals surface area contributed by atoms with E-state index < -0.39 is 0 Å². The normalized spacial score (nSPS) is 17.3. The van der Waals surface area contributed by atoms with Gasteiger partial charge in [-0.15, -0.1) is 0 Å². The molecule has 1 atom stereocenters. The van der Waals surface area contributed by atoms with Crippen molar-refractivity contribution >= 4 is 23.4 Å². The Bertz CT molecular complexity index is 1150. The van der Waals surface area contributed by atoms with E-state index in [1.54, 1.807) is 12.1 Å². The number of likely N-dealkylation sites (N-methyl/N-ethyl adjacent to an activating group) is 1. The molecule has 2 aromatic heterocycles. The van der Waals surface area contributed by atoms with E-state index in [9.17, 15) is 9.18 Å². The van der Waals surface area contributed by atoms with Crippen molar-refractivity contribution in [1.29, 1.82) is 0 Å². The van der Waals surface area contributed by atoms with Crippen molar-refractivity contribution in [3.8, 4) is 0 Å². The Morgan fingerprint density at radius 3 is 2.66 bits per heavy atom. The Labute approximate surface area is 186 Å². The molecule has 2 aliphatic heterocycles. The highest BCUT2D eigenvalue weighted by atomic mass is 19.1. The number of anilines is 3. The van der Waals surface area contributed by atoms with Gasteiger partial charge in [-0.1, -0.05) is 18.2 Å². The maximum Gasteiger partial charge on any atom is 0.249 e. The molecule has 5 rings (SSSR count).